The standard InChI is InChI=1S/C14H29N/c1-5-7-12(3)10-14(4,11-15-6-2)13-8-9-13/h12-13,15H,5-11H2,1-4H3. The summed E-state index contributed by atoms with van der Waals surface area (Å²) in [6.07, 6.45) is 7.09. The first-order valence-electron chi connectivity index (χ1n) is 6.83. The maximum absolute atomic E-state index is 3.56. The second-order valence-electron chi connectivity index (χ2n) is 5.81. The van der Waals surface area contributed by atoms with Crippen molar-refractivity contribution in [3.63, 3.8) is 0 Å². The molecule has 0 spiro atoms. The van der Waals surface area contributed by atoms with Gasteiger partial charge < -0.3 is 5.32 Å². The Morgan fingerprint density at radius 3 is 2.47 bits per heavy atom. The van der Waals surface area contributed by atoms with Gasteiger partial charge in [-0.1, -0.05) is 40.5 Å². The van der Waals surface area contributed by atoms with Gasteiger partial charge in [-0.15, -0.1) is 0 Å². The molecule has 0 aromatic heterocycles. The van der Waals surface area contributed by atoms with Crippen LogP contribution in [0.15, 0.2) is 0 Å². The lowest BCUT2D eigenvalue weighted by Gasteiger charge is -2.33. The fourth-order valence-corrected chi connectivity index (χ4v) is 2.96. The second kappa shape index (κ2) is 5.89. The molecule has 1 heteroatoms. The van der Waals surface area contributed by atoms with E-state index in [0.717, 1.165) is 18.4 Å². The molecule has 0 aromatic carbocycles. The van der Waals surface area contributed by atoms with E-state index in [-0.39, 0.29) is 0 Å². The maximum atomic E-state index is 3.56. The molecule has 0 amide bonds. The highest BCUT2D eigenvalue weighted by Gasteiger charge is 2.41. The minimum atomic E-state index is 0.574. The quantitative estimate of drug-likeness (QED) is 0.643. The summed E-state index contributed by atoms with van der Waals surface area (Å²) in [5.41, 5.74) is 0.574. The van der Waals surface area contributed by atoms with Crippen molar-refractivity contribution in [3.8, 4) is 0 Å². The normalized spacial score (nSPS) is 22.4. The van der Waals surface area contributed by atoms with Gasteiger partial charge in [-0.05, 0) is 43.1 Å². The monoisotopic (exact) mass is 211 g/mol. The second-order valence-corrected chi connectivity index (χ2v) is 5.81. The first-order chi connectivity index (χ1) is 7.12. The van der Waals surface area contributed by atoms with Gasteiger partial charge in [-0.2, -0.15) is 0 Å². The summed E-state index contributed by atoms with van der Waals surface area (Å²) < 4.78 is 0. The molecule has 1 aliphatic carbocycles. The molecule has 1 N–H and O–H groups in total. The Hall–Kier alpha value is -0.0400. The Bertz CT molecular complexity index is 174. The summed E-state index contributed by atoms with van der Waals surface area (Å²) in [5, 5.41) is 3.56. The molecule has 0 aromatic rings. The molecule has 15 heavy (non-hydrogen) atoms. The highest BCUT2D eigenvalue weighted by Crippen LogP contribution is 2.48. The maximum Gasteiger partial charge on any atom is 0.000780 e. The molecule has 0 saturated heterocycles. The molecule has 1 nitrogen and oxygen atoms in total. The molecule has 90 valence electrons. The van der Waals surface area contributed by atoms with E-state index in [9.17, 15) is 0 Å². The van der Waals surface area contributed by atoms with Crippen molar-refractivity contribution in [1.29, 1.82) is 0 Å². The van der Waals surface area contributed by atoms with Gasteiger partial charge >= 0.3 is 0 Å². The highest BCUT2D eigenvalue weighted by atomic mass is 14.9. The molecule has 0 heterocycles. The third kappa shape index (κ3) is 4.14. The van der Waals surface area contributed by atoms with Crippen LogP contribution in [0.3, 0.4) is 0 Å². The summed E-state index contributed by atoms with van der Waals surface area (Å²) in [7, 11) is 0. The minimum absolute atomic E-state index is 0.574. The fourth-order valence-electron chi connectivity index (χ4n) is 2.96. The summed E-state index contributed by atoms with van der Waals surface area (Å²) in [6.45, 7) is 11.8. The van der Waals surface area contributed by atoms with E-state index in [1.165, 1.54) is 38.6 Å². The summed E-state index contributed by atoms with van der Waals surface area (Å²) in [6, 6.07) is 0. The van der Waals surface area contributed by atoms with Crippen molar-refractivity contribution >= 4 is 0 Å². The molecule has 2 atom stereocenters. The number of hydrogen-bond acceptors (Lipinski definition) is 1. The van der Waals surface area contributed by atoms with Crippen molar-refractivity contribution in [2.75, 3.05) is 13.1 Å². The van der Waals surface area contributed by atoms with Crippen LogP contribution in [0.25, 0.3) is 0 Å². The largest absolute Gasteiger partial charge is 0.316 e. The molecule has 1 saturated carbocycles. The molecular weight excluding hydrogens is 182 g/mol. The summed E-state index contributed by atoms with van der Waals surface area (Å²) >= 11 is 0. The number of rotatable bonds is 8. The zero-order valence-corrected chi connectivity index (χ0v) is 11.1. The van der Waals surface area contributed by atoms with Crippen LogP contribution in [-0.2, 0) is 0 Å². The zero-order chi connectivity index (χ0) is 11.3. The van der Waals surface area contributed by atoms with Gasteiger partial charge in [-0.25, -0.2) is 0 Å². The van der Waals surface area contributed by atoms with Gasteiger partial charge in [0.15, 0.2) is 0 Å². The molecular formula is C14H29N. The Morgan fingerprint density at radius 1 is 1.33 bits per heavy atom. The SMILES string of the molecule is CCCC(C)CC(C)(CNCC)C1CC1. The van der Waals surface area contributed by atoms with Crippen LogP contribution in [0.4, 0.5) is 0 Å². The highest BCUT2D eigenvalue weighted by molar-refractivity contribution is 4.93. The van der Waals surface area contributed by atoms with Gasteiger partial charge in [0.2, 0.25) is 0 Å². The van der Waals surface area contributed by atoms with E-state index >= 15 is 0 Å². The van der Waals surface area contributed by atoms with E-state index in [0.29, 0.717) is 5.41 Å². The van der Waals surface area contributed by atoms with E-state index < -0.39 is 0 Å². The predicted octanol–water partition coefficient (Wildman–Crippen LogP) is 3.84. The number of nitrogens with one attached hydrogen (secondary N) is 1. The van der Waals surface area contributed by atoms with Crippen LogP contribution in [-0.4, -0.2) is 13.1 Å². The third-order valence-electron chi connectivity index (χ3n) is 3.94. The first-order valence-corrected chi connectivity index (χ1v) is 6.83. The molecule has 2 unspecified atom stereocenters. The van der Waals surface area contributed by atoms with Gasteiger partial charge in [0.05, 0.1) is 0 Å². The molecule has 0 radical (unpaired) electrons. The van der Waals surface area contributed by atoms with Crippen LogP contribution >= 0.6 is 0 Å². The van der Waals surface area contributed by atoms with Crippen LogP contribution < -0.4 is 5.32 Å². The topological polar surface area (TPSA) is 12.0 Å². The minimum Gasteiger partial charge on any atom is -0.316 e. The van der Waals surface area contributed by atoms with Crippen molar-refractivity contribution in [2.24, 2.45) is 17.3 Å². The van der Waals surface area contributed by atoms with E-state index in [2.05, 4.69) is 33.0 Å². The lowest BCUT2D eigenvalue weighted by Crippen LogP contribution is -2.35. The first kappa shape index (κ1) is 13.0. The lowest BCUT2D eigenvalue weighted by molar-refractivity contribution is 0.196. The Kier molecular flexibility index (Phi) is 5.11. The number of hydrogen-bond donors (Lipinski definition) is 1. The smallest absolute Gasteiger partial charge is 0.000780 e. The fraction of sp³-hybridized carbons (Fsp3) is 1.00. The Morgan fingerprint density at radius 2 is 2.00 bits per heavy atom. The molecule has 1 rings (SSSR count). The van der Waals surface area contributed by atoms with Crippen molar-refractivity contribution in [3.05, 3.63) is 0 Å². The van der Waals surface area contributed by atoms with Crippen LogP contribution in [0, 0.1) is 17.3 Å². The van der Waals surface area contributed by atoms with Crippen LogP contribution in [0.2, 0.25) is 0 Å². The van der Waals surface area contributed by atoms with Crippen LogP contribution in [0.1, 0.15) is 59.8 Å². The van der Waals surface area contributed by atoms with E-state index in [4.69, 9.17) is 0 Å². The van der Waals surface area contributed by atoms with E-state index in [1.54, 1.807) is 0 Å². The predicted molar refractivity (Wildman–Crippen MR) is 68.1 cm³/mol. The summed E-state index contributed by atoms with van der Waals surface area (Å²) in [4.78, 5) is 0. The molecule has 0 aliphatic heterocycles. The molecule has 1 aliphatic rings. The summed E-state index contributed by atoms with van der Waals surface area (Å²) in [5.74, 6) is 1.91. The van der Waals surface area contributed by atoms with Crippen molar-refractivity contribution in [1.82, 2.24) is 5.32 Å². The van der Waals surface area contributed by atoms with Gasteiger partial charge in [0, 0.05) is 6.54 Å². The molecule has 0 bridgehead atoms. The van der Waals surface area contributed by atoms with Gasteiger partial charge in [-0.3, -0.25) is 0 Å². The average Bonchev–Trinajstić information content (AvgIpc) is 2.98. The van der Waals surface area contributed by atoms with Crippen LogP contribution in [0.5, 0.6) is 0 Å². The lowest BCUT2D eigenvalue weighted by atomic mass is 9.76. The van der Waals surface area contributed by atoms with Gasteiger partial charge in [0.25, 0.3) is 0 Å². The third-order valence-corrected chi connectivity index (χ3v) is 3.94. The molecule has 1 fully saturated rings. The Labute approximate surface area is 96.0 Å². The van der Waals surface area contributed by atoms with Gasteiger partial charge in [0.1, 0.15) is 0 Å². The van der Waals surface area contributed by atoms with Crippen molar-refractivity contribution < 1.29 is 0 Å². The van der Waals surface area contributed by atoms with E-state index in [1.807, 2.05) is 0 Å². The Balaban J connectivity index is 2.41. The zero-order valence-electron chi connectivity index (χ0n) is 11.1. The van der Waals surface area contributed by atoms with Crippen molar-refractivity contribution in [2.45, 2.75) is 59.8 Å². The average molecular weight is 211 g/mol.